The van der Waals surface area contributed by atoms with Gasteiger partial charge in [0.15, 0.2) is 0 Å². The van der Waals surface area contributed by atoms with Crippen LogP contribution in [0.1, 0.15) is 194 Å². The highest BCUT2D eigenvalue weighted by molar-refractivity contribution is 7.47. The van der Waals surface area contributed by atoms with E-state index in [0.717, 1.165) is 70.6 Å². The van der Waals surface area contributed by atoms with Gasteiger partial charge in [-0.1, -0.05) is 171 Å². The fourth-order valence-electron chi connectivity index (χ4n) is 7.65. The second-order valence-electron chi connectivity index (χ2n) is 17.8. The van der Waals surface area contributed by atoms with E-state index < -0.39 is 75.2 Å². The fourth-order valence-corrected chi connectivity index (χ4v) is 8.62. The average Bonchev–Trinajstić information content (AvgIpc) is 3.28. The van der Waals surface area contributed by atoms with Crippen molar-refractivity contribution in [1.29, 1.82) is 0 Å². The highest BCUT2D eigenvalue weighted by Gasteiger charge is 2.51. The van der Waals surface area contributed by atoms with Crippen LogP contribution in [0.25, 0.3) is 0 Å². The highest BCUT2D eigenvalue weighted by Crippen LogP contribution is 2.47. The summed E-state index contributed by atoms with van der Waals surface area (Å²) in [6.45, 7) is 3.70. The fraction of sp³-hybridized carbons (Fsp3) is 0.784. The van der Waals surface area contributed by atoms with E-state index in [-0.39, 0.29) is 6.42 Å². The van der Waals surface area contributed by atoms with Gasteiger partial charge in [0, 0.05) is 0 Å². The van der Waals surface area contributed by atoms with Gasteiger partial charge in [-0.3, -0.25) is 13.8 Å². The van der Waals surface area contributed by atoms with Gasteiger partial charge in [-0.15, -0.1) is 0 Å². The molecule has 0 heterocycles. The zero-order valence-electron chi connectivity index (χ0n) is 40.1. The lowest BCUT2D eigenvalue weighted by Crippen LogP contribution is -2.64. The molecule has 1 rings (SSSR count). The van der Waals surface area contributed by atoms with Gasteiger partial charge in [0.25, 0.3) is 0 Å². The molecule has 0 aliphatic heterocycles. The van der Waals surface area contributed by atoms with Gasteiger partial charge in [-0.25, -0.2) is 4.57 Å². The van der Waals surface area contributed by atoms with E-state index in [4.69, 9.17) is 9.05 Å². The molecule has 13 nitrogen and oxygen atoms in total. The summed E-state index contributed by atoms with van der Waals surface area (Å²) in [5.41, 5.74) is 0. The Balaban J connectivity index is 2.51. The SMILES string of the molecule is CCCCCC/C=C/CC/C=C/CC/C=C/C(O)C(COP(=O)(O)OC1C(O)C(O)C(O)C(O)C1O)NC(=O)CC(O)CCCCCCC/C=C\C/C=C\CCCCCCCCCCC. The van der Waals surface area contributed by atoms with Crippen LogP contribution >= 0.6 is 7.82 Å². The number of carbonyl (C=O) groups is 1. The van der Waals surface area contributed by atoms with Crippen molar-refractivity contribution >= 4 is 13.7 Å². The zero-order chi connectivity index (χ0) is 48.0. The Kier molecular flexibility index (Phi) is 37.5. The zero-order valence-corrected chi connectivity index (χ0v) is 41.0. The van der Waals surface area contributed by atoms with Gasteiger partial charge in [0.1, 0.15) is 36.6 Å². The number of phosphoric acid groups is 1. The molecular weight excluding hydrogens is 850 g/mol. The number of carbonyl (C=O) groups excluding carboxylic acids is 1. The normalized spacial score (nSPS) is 23.0. The van der Waals surface area contributed by atoms with E-state index in [9.17, 15) is 50.0 Å². The van der Waals surface area contributed by atoms with Crippen molar-refractivity contribution in [3.63, 3.8) is 0 Å². The molecule has 8 unspecified atom stereocenters. The molecule has 8 atom stereocenters. The lowest BCUT2D eigenvalue weighted by Gasteiger charge is -2.41. The van der Waals surface area contributed by atoms with Gasteiger partial charge < -0.3 is 46.0 Å². The largest absolute Gasteiger partial charge is 0.472 e. The Morgan fingerprint density at radius 1 is 0.554 bits per heavy atom. The van der Waals surface area contributed by atoms with Crippen LogP contribution in [0.5, 0.6) is 0 Å². The molecule has 9 N–H and O–H groups in total. The molecule has 65 heavy (non-hydrogen) atoms. The maximum atomic E-state index is 13.0. The Labute approximate surface area is 392 Å². The van der Waals surface area contributed by atoms with Crippen molar-refractivity contribution in [1.82, 2.24) is 5.32 Å². The third-order valence-corrected chi connectivity index (χ3v) is 12.8. The summed E-state index contributed by atoms with van der Waals surface area (Å²) in [5.74, 6) is -0.617. The summed E-state index contributed by atoms with van der Waals surface area (Å²) in [7, 11) is -5.16. The second-order valence-corrected chi connectivity index (χ2v) is 19.2. The van der Waals surface area contributed by atoms with Gasteiger partial charge in [0.05, 0.1) is 31.3 Å². The third-order valence-electron chi connectivity index (χ3n) is 11.8. The summed E-state index contributed by atoms with van der Waals surface area (Å²) >= 11 is 0. The molecular formula is C51H92NO12P. The van der Waals surface area contributed by atoms with Crippen LogP contribution in [0, 0.1) is 0 Å². The summed E-state index contributed by atoms with van der Waals surface area (Å²) in [6.07, 6.45) is 36.0. The van der Waals surface area contributed by atoms with E-state index in [1.54, 1.807) is 6.08 Å². The maximum Gasteiger partial charge on any atom is 0.472 e. The Bertz CT molecular complexity index is 1340. The van der Waals surface area contributed by atoms with Crippen molar-refractivity contribution in [2.75, 3.05) is 6.61 Å². The molecule has 1 fully saturated rings. The number of rotatable bonds is 41. The van der Waals surface area contributed by atoms with Gasteiger partial charge in [-0.05, 0) is 77.0 Å². The predicted octanol–water partition coefficient (Wildman–Crippen LogP) is 9.26. The molecule has 0 radical (unpaired) electrons. The standard InChI is InChI=1S/C51H92NO12P/c1-3-5-7-9-11-13-15-17-19-20-21-22-23-24-25-26-28-30-32-34-36-38-42(53)40-45(55)52-43(41-63-65(61,62)64-51-49(59)47(57)46(56)48(58)50(51)60)44(54)39-37-35-33-31-29-27-18-16-14-12-10-8-6-4-2/h14,16,21-22,24-25,29,31,37,39,42-44,46-51,53-54,56-60H,3-13,15,17-20,23,26-28,30,32-36,38,40-41H2,1-2H3,(H,52,55)(H,61,62)/b16-14+,22-21-,25-24-,31-29+,39-37+. The summed E-state index contributed by atoms with van der Waals surface area (Å²) < 4.78 is 22.9. The minimum absolute atomic E-state index is 0.268. The van der Waals surface area contributed by atoms with Crippen molar-refractivity contribution in [2.24, 2.45) is 0 Å². The first-order chi connectivity index (χ1) is 31.3. The molecule has 1 saturated carbocycles. The molecule has 1 amide bonds. The van der Waals surface area contributed by atoms with Crippen LogP contribution in [0.4, 0.5) is 0 Å². The third kappa shape index (κ3) is 31.6. The Morgan fingerprint density at radius 2 is 0.954 bits per heavy atom. The number of unbranched alkanes of at least 4 members (excludes halogenated alkanes) is 20. The summed E-state index contributed by atoms with van der Waals surface area (Å²) in [4.78, 5) is 23.5. The van der Waals surface area contributed by atoms with Crippen molar-refractivity contribution in [2.45, 2.75) is 249 Å². The minimum atomic E-state index is -5.16. The molecule has 0 spiro atoms. The van der Waals surface area contributed by atoms with E-state index in [2.05, 4.69) is 61.7 Å². The molecule has 0 aromatic heterocycles. The first-order valence-corrected chi connectivity index (χ1v) is 26.8. The number of hydrogen-bond donors (Lipinski definition) is 9. The quantitative estimate of drug-likeness (QED) is 0.0159. The predicted molar refractivity (Wildman–Crippen MR) is 261 cm³/mol. The van der Waals surface area contributed by atoms with Crippen molar-refractivity contribution in [3.05, 3.63) is 60.8 Å². The van der Waals surface area contributed by atoms with Crippen molar-refractivity contribution in [3.8, 4) is 0 Å². The van der Waals surface area contributed by atoms with Crippen molar-refractivity contribution < 1.29 is 59.0 Å². The van der Waals surface area contributed by atoms with Crippen LogP contribution in [-0.4, -0.2) is 108 Å². The van der Waals surface area contributed by atoms with E-state index in [0.29, 0.717) is 19.3 Å². The smallest absolute Gasteiger partial charge is 0.393 e. The summed E-state index contributed by atoms with van der Waals surface area (Å²) in [6, 6.07) is -1.27. The van der Waals surface area contributed by atoms with Crippen LogP contribution < -0.4 is 5.32 Å². The van der Waals surface area contributed by atoms with Crippen LogP contribution in [-0.2, 0) is 18.4 Å². The number of aliphatic hydroxyl groups excluding tert-OH is 7. The number of phosphoric ester groups is 1. The Hall–Kier alpha value is -2.00. The lowest BCUT2D eigenvalue weighted by molar-refractivity contribution is -0.220. The number of allylic oxidation sites excluding steroid dienone is 9. The van der Waals surface area contributed by atoms with Crippen LogP contribution in [0.3, 0.4) is 0 Å². The van der Waals surface area contributed by atoms with E-state index >= 15 is 0 Å². The first-order valence-electron chi connectivity index (χ1n) is 25.3. The Morgan fingerprint density at radius 3 is 1.46 bits per heavy atom. The molecule has 1 aliphatic rings. The summed E-state index contributed by atoms with van der Waals surface area (Å²) in [5, 5.41) is 74.5. The molecule has 0 bridgehead atoms. The average molecular weight is 942 g/mol. The highest BCUT2D eigenvalue weighted by atomic mass is 31.2. The number of aliphatic hydroxyl groups is 7. The first kappa shape index (κ1) is 61.0. The monoisotopic (exact) mass is 942 g/mol. The second kappa shape index (κ2) is 39.9. The number of amides is 1. The van der Waals surface area contributed by atoms with Gasteiger partial charge in [-0.2, -0.15) is 0 Å². The number of hydrogen-bond acceptors (Lipinski definition) is 11. The van der Waals surface area contributed by atoms with E-state index in [1.807, 2.05) is 6.08 Å². The number of nitrogens with one attached hydrogen (secondary N) is 1. The van der Waals surface area contributed by atoms with Gasteiger partial charge >= 0.3 is 7.82 Å². The molecule has 0 aromatic rings. The lowest BCUT2D eigenvalue weighted by atomic mass is 9.85. The van der Waals surface area contributed by atoms with Crippen LogP contribution in [0.2, 0.25) is 0 Å². The molecule has 0 saturated heterocycles. The van der Waals surface area contributed by atoms with Gasteiger partial charge in [0.2, 0.25) is 5.91 Å². The molecule has 1 aliphatic carbocycles. The molecule has 14 heteroatoms. The topological polar surface area (TPSA) is 226 Å². The molecule has 378 valence electrons. The van der Waals surface area contributed by atoms with E-state index in [1.165, 1.54) is 89.5 Å². The maximum absolute atomic E-state index is 13.0. The minimum Gasteiger partial charge on any atom is -0.393 e. The molecule has 0 aromatic carbocycles. The van der Waals surface area contributed by atoms with Crippen LogP contribution in [0.15, 0.2) is 60.8 Å².